The minimum Gasteiger partial charge on any atom is -0.466 e. The molecule has 0 saturated heterocycles. The Labute approximate surface area is 450 Å². The van der Waals surface area contributed by atoms with Gasteiger partial charge in [0.1, 0.15) is 0 Å². The first-order valence-electron chi connectivity index (χ1n) is 27.1. The number of hydrogen-bond donors (Lipinski definition) is 0. The molecule has 0 aliphatic rings. The number of ether oxygens (including phenoxy) is 1. The molecule has 71 heavy (non-hydrogen) atoms. The molecule has 426 valence electrons. The normalized spacial score (nSPS) is 18.6. The molecule has 0 aromatic heterocycles. The van der Waals surface area contributed by atoms with Gasteiger partial charge in [-0.2, -0.15) is 0 Å². The summed E-state index contributed by atoms with van der Waals surface area (Å²) in [6, 6.07) is 0. The predicted molar refractivity (Wildman–Crippen MR) is 306 cm³/mol. The van der Waals surface area contributed by atoms with Gasteiger partial charge in [-0.05, 0) is 136 Å². The van der Waals surface area contributed by atoms with E-state index in [1.165, 1.54) is 0 Å². The molecule has 0 saturated carbocycles. The lowest BCUT2D eigenvalue weighted by Gasteiger charge is -2.28. The maximum absolute atomic E-state index is 15.1. The van der Waals surface area contributed by atoms with Gasteiger partial charge >= 0.3 is 33.2 Å². The molecule has 0 aromatic carbocycles. The summed E-state index contributed by atoms with van der Waals surface area (Å²) in [5.74, 6) is 0.959. The van der Waals surface area contributed by atoms with Crippen molar-refractivity contribution in [3.05, 3.63) is 0 Å². The van der Waals surface area contributed by atoms with Crippen LogP contribution in [0, 0.1) is 23.7 Å². The van der Waals surface area contributed by atoms with Gasteiger partial charge in [-0.15, -0.1) is 0 Å². The molecule has 0 N–H and O–H groups in total. The van der Waals surface area contributed by atoms with Gasteiger partial charge < -0.3 is 22.8 Å². The van der Waals surface area contributed by atoms with E-state index >= 15 is 4.57 Å². The molecular formula is C49H102O14P4S4. The highest BCUT2D eigenvalue weighted by molar-refractivity contribution is 8.56. The molecule has 8 atom stereocenters. The lowest BCUT2D eigenvalue weighted by molar-refractivity contribution is -0.142. The topological polar surface area (TPSA) is 168 Å². The van der Waals surface area contributed by atoms with E-state index in [2.05, 4.69) is 55.4 Å². The number of hydrogen-bond acceptors (Lipinski definition) is 18. The second-order valence-electron chi connectivity index (χ2n) is 18.8. The standard InChI is InChI=1S/C49H102O14P4S4/c1-15-24-28-45(19-5)34-56-64(51,57-35-46(20-6)29-25-16-2)69-38-42(12)62-67(54,71-40-44(14)61-66(53,60-41(10)11)68-33-32-49(50)55-23-9)63-43(13)39-70-65(52,58-36-47(21-7)30-26-17-3)59-37-48(22-8)31-27-18-4/h41-48H,15-40H2,1-14H3. The predicted octanol–water partition coefficient (Wildman–Crippen LogP) is 18.9. The van der Waals surface area contributed by atoms with Crippen molar-refractivity contribution in [2.24, 2.45) is 23.7 Å². The van der Waals surface area contributed by atoms with Crippen LogP contribution in [-0.4, -0.2) is 86.4 Å². The third kappa shape index (κ3) is 36.3. The van der Waals surface area contributed by atoms with Gasteiger partial charge in [0.25, 0.3) is 0 Å². The summed E-state index contributed by atoms with van der Waals surface area (Å²) >= 11 is 3.91. The third-order valence-electron chi connectivity index (χ3n) is 11.6. The molecule has 0 rings (SSSR count). The maximum Gasteiger partial charge on any atom is 0.389 e. The first-order valence-corrected chi connectivity index (χ1v) is 39.6. The van der Waals surface area contributed by atoms with Crippen molar-refractivity contribution in [1.29, 1.82) is 0 Å². The van der Waals surface area contributed by atoms with Gasteiger partial charge in [-0.25, -0.2) is 18.3 Å². The zero-order chi connectivity index (χ0) is 53.8. The maximum atomic E-state index is 15.1. The van der Waals surface area contributed by atoms with Gasteiger partial charge in [0.15, 0.2) is 0 Å². The van der Waals surface area contributed by atoms with E-state index in [9.17, 15) is 18.5 Å². The lowest BCUT2D eigenvalue weighted by Crippen LogP contribution is -2.18. The molecule has 8 unspecified atom stereocenters. The van der Waals surface area contributed by atoms with Crippen LogP contribution in [0.15, 0.2) is 0 Å². The fraction of sp³-hybridized carbons (Fsp3) is 0.980. The molecule has 22 heteroatoms. The lowest BCUT2D eigenvalue weighted by atomic mass is 10.0. The van der Waals surface area contributed by atoms with Crippen molar-refractivity contribution >= 4 is 78.7 Å². The van der Waals surface area contributed by atoms with E-state index in [4.69, 9.17) is 40.9 Å². The van der Waals surface area contributed by atoms with Crippen molar-refractivity contribution in [3.8, 4) is 0 Å². The average Bonchev–Trinajstić information content (AvgIpc) is 3.32. The Morgan fingerprint density at radius 2 is 0.718 bits per heavy atom. The SMILES string of the molecule is CCCCC(CC)COP(=O)(OCC(CC)CCCC)SCC(C)OP(=O)(OC(C)CSP(=O)(OCC(CC)CCCC)OCC(CC)CCCC)SCC(C)OP(=O)(OC(C)C)SCCC(=O)OCC. The van der Waals surface area contributed by atoms with Crippen LogP contribution in [-0.2, 0) is 64.0 Å². The van der Waals surface area contributed by atoms with Crippen molar-refractivity contribution in [2.45, 2.75) is 231 Å². The highest BCUT2D eigenvalue weighted by atomic mass is 32.7. The molecule has 0 radical (unpaired) electrons. The smallest absolute Gasteiger partial charge is 0.389 e. The first kappa shape index (κ1) is 72.5. The number of unbranched alkanes of at least 4 members (excludes halogenated alkanes) is 4. The fourth-order valence-corrected chi connectivity index (χ4v) is 22.1. The van der Waals surface area contributed by atoms with Gasteiger partial charge in [0.2, 0.25) is 0 Å². The second kappa shape index (κ2) is 42.4. The summed E-state index contributed by atoms with van der Waals surface area (Å²) in [6.07, 6.45) is 13.2. The van der Waals surface area contributed by atoms with E-state index in [1.54, 1.807) is 41.5 Å². The highest BCUT2D eigenvalue weighted by Crippen LogP contribution is 2.68. The highest BCUT2D eigenvalue weighted by Gasteiger charge is 2.38. The molecule has 0 spiro atoms. The Hall–Kier alpha value is 1.47. The summed E-state index contributed by atoms with van der Waals surface area (Å²) in [7, 11) is 0. The van der Waals surface area contributed by atoms with Crippen molar-refractivity contribution < 1.29 is 64.0 Å². The number of rotatable bonds is 50. The zero-order valence-electron chi connectivity index (χ0n) is 46.6. The van der Waals surface area contributed by atoms with E-state index < -0.39 is 57.6 Å². The minimum atomic E-state index is -4.11. The van der Waals surface area contributed by atoms with Crippen LogP contribution in [0.25, 0.3) is 0 Å². The van der Waals surface area contributed by atoms with Crippen LogP contribution in [0.3, 0.4) is 0 Å². The van der Waals surface area contributed by atoms with Crippen molar-refractivity contribution in [3.63, 3.8) is 0 Å². The van der Waals surface area contributed by atoms with Gasteiger partial charge in [0.05, 0.1) is 63.9 Å². The Balaban J connectivity index is 6.68. The zero-order valence-corrected chi connectivity index (χ0v) is 53.5. The second-order valence-corrected chi connectivity index (χ2v) is 35.2. The van der Waals surface area contributed by atoms with Crippen molar-refractivity contribution in [1.82, 2.24) is 0 Å². The Morgan fingerprint density at radius 3 is 0.986 bits per heavy atom. The molecule has 0 bridgehead atoms. The number of esters is 1. The third-order valence-corrected chi connectivity index (χ3v) is 27.5. The van der Waals surface area contributed by atoms with Gasteiger partial charge in [-0.1, -0.05) is 132 Å². The largest absolute Gasteiger partial charge is 0.466 e. The molecule has 0 aromatic rings. The summed E-state index contributed by atoms with van der Waals surface area (Å²) in [4.78, 5) is 12.1. The number of carbonyl (C=O) groups is 1. The molecule has 0 aliphatic carbocycles. The Kier molecular flexibility index (Phi) is 43.3. The van der Waals surface area contributed by atoms with Crippen LogP contribution in [0.4, 0.5) is 0 Å². The van der Waals surface area contributed by atoms with E-state index in [-0.39, 0.29) is 59.7 Å². The van der Waals surface area contributed by atoms with Gasteiger partial charge in [-0.3, -0.25) is 22.9 Å². The number of carbonyl (C=O) groups excluding carboxylic acids is 1. The van der Waals surface area contributed by atoms with E-state index in [0.717, 1.165) is 148 Å². The molecule has 0 fully saturated rings. The quantitative estimate of drug-likeness (QED) is 0.0416. The van der Waals surface area contributed by atoms with E-state index in [1.807, 2.05) is 0 Å². The van der Waals surface area contributed by atoms with Crippen LogP contribution in [0.2, 0.25) is 0 Å². The van der Waals surface area contributed by atoms with Crippen LogP contribution < -0.4 is 0 Å². The Morgan fingerprint density at radius 1 is 0.423 bits per heavy atom. The average molecular weight is 1170 g/mol. The fourth-order valence-electron chi connectivity index (χ4n) is 6.85. The van der Waals surface area contributed by atoms with Crippen LogP contribution in [0.1, 0.15) is 206 Å². The van der Waals surface area contributed by atoms with E-state index in [0.29, 0.717) is 26.4 Å². The summed E-state index contributed by atoms with van der Waals surface area (Å²) in [6.45, 7) is 13.7. The molecule has 0 heterocycles. The monoisotopic (exact) mass is 1170 g/mol. The summed E-state index contributed by atoms with van der Waals surface area (Å²) < 4.78 is 113. The molecule has 0 amide bonds. The summed E-state index contributed by atoms with van der Waals surface area (Å²) in [5, 5.41) is 0. The van der Waals surface area contributed by atoms with Crippen molar-refractivity contribution in [2.75, 3.05) is 56.0 Å². The molecule has 0 aliphatic heterocycles. The first-order chi connectivity index (χ1) is 33.6. The van der Waals surface area contributed by atoms with Crippen LogP contribution >= 0.6 is 72.7 Å². The minimum absolute atomic E-state index is 0.0228. The van der Waals surface area contributed by atoms with Gasteiger partial charge in [0, 0.05) is 23.0 Å². The molecule has 14 nitrogen and oxygen atoms in total. The molecular weight excluding hydrogens is 1060 g/mol. The van der Waals surface area contributed by atoms with Crippen LogP contribution in [0.5, 0.6) is 0 Å². The summed E-state index contributed by atoms with van der Waals surface area (Å²) in [5.41, 5.74) is 0. The Bertz CT molecular complexity index is 1420.